The molecular weight excluding hydrogens is 475 g/mol. The van der Waals surface area contributed by atoms with E-state index in [-0.39, 0.29) is 30.2 Å². The third-order valence-corrected chi connectivity index (χ3v) is 7.10. The maximum atomic E-state index is 8.84. The first-order valence-corrected chi connectivity index (χ1v) is 17.7. The minimum absolute atomic E-state index is 0. The first kappa shape index (κ1) is 28.2. The maximum absolute atomic E-state index is 8.84. The van der Waals surface area contributed by atoms with Crippen molar-refractivity contribution < 1.29 is 53.3 Å². The molecule has 3 aromatic rings. The summed E-state index contributed by atoms with van der Waals surface area (Å²) in [6, 6.07) is 24.1. The predicted molar refractivity (Wildman–Crippen MR) is 108 cm³/mol. The summed E-state index contributed by atoms with van der Waals surface area (Å²) >= 11 is 1.74. The van der Waals surface area contributed by atoms with E-state index in [4.69, 9.17) is 5.11 Å². The van der Waals surface area contributed by atoms with Gasteiger partial charge < -0.3 is 29.9 Å². The number of aliphatic hydroxyl groups excluding tert-OH is 1. The van der Waals surface area contributed by atoms with Crippen LogP contribution >= 0.6 is 0 Å². The van der Waals surface area contributed by atoms with Gasteiger partial charge in [0.15, 0.2) is 0 Å². The van der Waals surface area contributed by atoms with Gasteiger partial charge in [-0.15, -0.1) is 29.7 Å². The van der Waals surface area contributed by atoms with Crippen LogP contribution in [0.1, 0.15) is 0 Å². The molecule has 3 rings (SSSR count). The summed E-state index contributed by atoms with van der Waals surface area (Å²) in [7, 11) is -1.28. The standard InChI is InChI=1S/C9H15OSi.C9H7.C2H6Si.2ClH.Zr/c1-11(2,8-7-10)9-5-3-4-6-9;1-2-5-9-7-3-6-8(9)4-1;1-3-2;;;/h3-6,10H,7-8H2,1-2H3;1-7H;1-2H3;2*1H;/q2*-1;;;;+2/p-2. The Kier molecular flexibility index (Phi) is 16.3. The van der Waals surface area contributed by atoms with Crippen molar-refractivity contribution in [3.63, 3.8) is 0 Å². The van der Waals surface area contributed by atoms with Crippen LogP contribution in [0.5, 0.6) is 0 Å². The van der Waals surface area contributed by atoms with Crippen LogP contribution in [0.2, 0.25) is 32.2 Å². The quantitative estimate of drug-likeness (QED) is 0.348. The van der Waals surface area contributed by atoms with Gasteiger partial charge in [0, 0.05) is 6.61 Å². The van der Waals surface area contributed by atoms with Crippen molar-refractivity contribution in [3.8, 4) is 0 Å². The fourth-order valence-corrected chi connectivity index (χ4v) is 4.26. The average Bonchev–Trinajstić information content (AvgIpc) is 3.19. The predicted octanol–water partition coefficient (Wildman–Crippen LogP) is -1.34. The number of hydrogen-bond acceptors (Lipinski definition) is 1. The molecule has 3 aromatic carbocycles. The minimum Gasteiger partial charge on any atom is -1.00 e. The van der Waals surface area contributed by atoms with Gasteiger partial charge >= 0.3 is 41.9 Å². The number of benzene rings is 1. The first-order valence-electron chi connectivity index (χ1n) is 8.32. The fraction of sp³-hybridized carbons (Fsp3) is 0.300. The number of fused-ring (bicyclic) bond motifs is 1. The summed E-state index contributed by atoms with van der Waals surface area (Å²) in [5.41, 5.74) is 0.210. The van der Waals surface area contributed by atoms with Gasteiger partial charge in [0.25, 0.3) is 0 Å². The zero-order valence-electron chi connectivity index (χ0n) is 16.0. The van der Waals surface area contributed by atoms with Crippen molar-refractivity contribution in [1.29, 1.82) is 0 Å². The molecule has 0 radical (unpaired) electrons. The molecular formula is C20H28Cl2OSi2Zr-2. The Morgan fingerprint density at radius 2 is 1.58 bits per heavy atom. The molecule has 0 aliphatic carbocycles. The van der Waals surface area contributed by atoms with E-state index >= 15 is 0 Å². The second-order valence-electron chi connectivity index (χ2n) is 6.69. The largest absolute Gasteiger partial charge is 1.00 e. The van der Waals surface area contributed by atoms with E-state index in [1.54, 1.807) is 23.3 Å². The van der Waals surface area contributed by atoms with Crippen molar-refractivity contribution in [2.75, 3.05) is 6.61 Å². The molecule has 0 aliphatic heterocycles. The second-order valence-corrected chi connectivity index (χ2v) is 20.9. The molecule has 142 valence electrons. The van der Waals surface area contributed by atoms with Gasteiger partial charge in [0.2, 0.25) is 0 Å². The van der Waals surface area contributed by atoms with E-state index in [1.807, 2.05) is 0 Å². The van der Waals surface area contributed by atoms with Gasteiger partial charge in [-0.2, -0.15) is 34.8 Å². The third kappa shape index (κ3) is 11.0. The molecule has 1 N–H and O–H groups in total. The van der Waals surface area contributed by atoms with E-state index in [0.29, 0.717) is 6.61 Å². The number of aliphatic hydroxyl groups is 1. The van der Waals surface area contributed by atoms with Crippen LogP contribution < -0.4 is 30.0 Å². The summed E-state index contributed by atoms with van der Waals surface area (Å²) in [6.07, 6.45) is 0. The average molecular weight is 503 g/mol. The molecule has 0 heterocycles. The summed E-state index contributed by atoms with van der Waals surface area (Å²) < 4.78 is 0. The van der Waals surface area contributed by atoms with E-state index in [2.05, 4.69) is 92.9 Å². The molecule has 26 heavy (non-hydrogen) atoms. The maximum Gasteiger partial charge on any atom is -0.0809 e. The second kappa shape index (κ2) is 15.0. The number of hydrogen-bond donors (Lipinski definition) is 1. The summed E-state index contributed by atoms with van der Waals surface area (Å²) in [5, 5.41) is 12.9. The van der Waals surface area contributed by atoms with E-state index in [1.165, 1.54) is 16.0 Å². The van der Waals surface area contributed by atoms with Crippen molar-refractivity contribution in [2.24, 2.45) is 0 Å². The molecule has 0 unspecified atom stereocenters. The zero-order chi connectivity index (χ0) is 18.0. The molecule has 0 saturated heterocycles. The Morgan fingerprint density at radius 3 is 2.08 bits per heavy atom. The normalized spacial score (nSPS) is 9.65. The Morgan fingerprint density at radius 1 is 0.962 bits per heavy atom. The van der Waals surface area contributed by atoms with Crippen LogP contribution in [0.4, 0.5) is 0 Å². The van der Waals surface area contributed by atoms with E-state index in [9.17, 15) is 0 Å². The first-order chi connectivity index (χ1) is 11.4. The smallest absolute Gasteiger partial charge is 0.0809 e. The molecule has 0 saturated carbocycles. The van der Waals surface area contributed by atoms with Crippen LogP contribution in [-0.4, -0.2) is 25.2 Å². The Bertz CT molecular complexity index is 690. The minimum atomic E-state index is -1.28. The molecule has 0 bridgehead atoms. The molecule has 0 aromatic heterocycles. The zero-order valence-corrected chi connectivity index (χ0v) is 21.9. The van der Waals surface area contributed by atoms with Crippen LogP contribution in [-0.2, 0) is 23.3 Å². The van der Waals surface area contributed by atoms with Gasteiger partial charge in [-0.1, -0.05) is 19.2 Å². The SMILES string of the molecule is C[Si](C)(CCO)c1ccc[cH-]1.C[Si](C)=[Zr+2].[Cl-].[Cl-].c1ccc2[cH-]ccc2c1. The van der Waals surface area contributed by atoms with E-state index in [0.717, 1.165) is 6.04 Å². The topological polar surface area (TPSA) is 20.2 Å². The molecule has 6 heteroatoms. The van der Waals surface area contributed by atoms with Gasteiger partial charge in [-0.25, -0.2) is 12.1 Å². The molecule has 0 fully saturated rings. The Labute approximate surface area is 187 Å². The molecule has 0 atom stereocenters. The van der Waals surface area contributed by atoms with Crippen LogP contribution in [0, 0.1) is 0 Å². The monoisotopic (exact) mass is 500 g/mol. The van der Waals surface area contributed by atoms with Crippen molar-refractivity contribution in [1.82, 2.24) is 0 Å². The number of halogens is 2. The Balaban J connectivity index is 0. The fourth-order valence-electron chi connectivity index (χ4n) is 2.32. The van der Waals surface area contributed by atoms with Crippen molar-refractivity contribution in [3.05, 3.63) is 66.7 Å². The van der Waals surface area contributed by atoms with Crippen LogP contribution in [0.15, 0.2) is 66.7 Å². The molecule has 0 amide bonds. The summed E-state index contributed by atoms with van der Waals surface area (Å²) in [6.45, 7) is 9.52. The van der Waals surface area contributed by atoms with Gasteiger partial charge in [-0.3, -0.25) is 0 Å². The van der Waals surface area contributed by atoms with Crippen LogP contribution in [0.3, 0.4) is 0 Å². The summed E-state index contributed by atoms with van der Waals surface area (Å²) in [4.78, 5) is 0. The van der Waals surface area contributed by atoms with E-state index < -0.39 is 8.07 Å². The molecule has 0 spiro atoms. The van der Waals surface area contributed by atoms with Crippen LogP contribution in [0.25, 0.3) is 10.8 Å². The molecule has 0 aliphatic rings. The Hall–Kier alpha value is 0.0369. The van der Waals surface area contributed by atoms with Crippen molar-refractivity contribution >= 4 is 29.5 Å². The summed E-state index contributed by atoms with van der Waals surface area (Å²) in [5.74, 6) is 0. The molecule has 1 nitrogen and oxygen atoms in total. The van der Waals surface area contributed by atoms with Gasteiger partial charge in [0.1, 0.15) is 0 Å². The number of rotatable bonds is 3. The third-order valence-electron chi connectivity index (χ3n) is 3.73. The van der Waals surface area contributed by atoms with Crippen molar-refractivity contribution in [2.45, 2.75) is 32.2 Å². The van der Waals surface area contributed by atoms with Gasteiger partial charge in [0.05, 0.1) is 8.07 Å². The van der Waals surface area contributed by atoms with Gasteiger partial charge in [-0.05, 0) is 6.04 Å².